The van der Waals surface area contributed by atoms with Crippen LogP contribution in [0.1, 0.15) is 18.5 Å². The molecule has 2 amide bonds. The third-order valence-corrected chi connectivity index (χ3v) is 3.20. The van der Waals surface area contributed by atoms with Crippen LogP contribution in [0.4, 0.5) is 0 Å². The van der Waals surface area contributed by atoms with Crippen molar-refractivity contribution in [2.24, 2.45) is 5.92 Å². The van der Waals surface area contributed by atoms with Crippen LogP contribution in [0.25, 0.3) is 0 Å². The van der Waals surface area contributed by atoms with Gasteiger partial charge in [-0.1, -0.05) is 0 Å². The molecule has 1 atom stereocenters. The maximum absolute atomic E-state index is 11.7. The Morgan fingerprint density at radius 3 is 3.19 bits per heavy atom. The highest BCUT2D eigenvalue weighted by molar-refractivity contribution is 7.07. The van der Waals surface area contributed by atoms with Crippen LogP contribution < -0.4 is 10.6 Å². The Hall–Kier alpha value is -1.43. The molecule has 2 N–H and O–H groups in total. The van der Waals surface area contributed by atoms with Crippen LogP contribution in [-0.2, 0) is 16.1 Å². The minimum atomic E-state index is -0.101. The van der Waals surface area contributed by atoms with Gasteiger partial charge in [0, 0.05) is 18.3 Å². The van der Waals surface area contributed by atoms with E-state index < -0.39 is 0 Å². The highest BCUT2D eigenvalue weighted by Gasteiger charge is 2.23. The summed E-state index contributed by atoms with van der Waals surface area (Å²) in [5.41, 5.74) is 2.61. The first-order chi connectivity index (χ1) is 7.75. The van der Waals surface area contributed by atoms with Crippen molar-refractivity contribution < 1.29 is 9.59 Å². The fraction of sp³-hybridized carbons (Fsp3) is 0.500. The van der Waals surface area contributed by atoms with E-state index in [1.54, 1.807) is 5.51 Å². The molecule has 0 aromatic carbocycles. The third kappa shape index (κ3) is 2.79. The molecule has 0 aliphatic carbocycles. The summed E-state index contributed by atoms with van der Waals surface area (Å²) in [6, 6.07) is 0. The number of carbonyl (C=O) groups is 2. The predicted molar refractivity (Wildman–Crippen MR) is 59.7 cm³/mol. The summed E-state index contributed by atoms with van der Waals surface area (Å²) in [4.78, 5) is 26.7. The number of nitrogens with zero attached hydrogens (tertiary/aromatic N) is 1. The average Bonchev–Trinajstić information content (AvgIpc) is 2.80. The monoisotopic (exact) mass is 239 g/mol. The summed E-state index contributed by atoms with van der Waals surface area (Å²) < 4.78 is 0. The average molecular weight is 239 g/mol. The van der Waals surface area contributed by atoms with Crippen molar-refractivity contribution in [3.05, 3.63) is 16.6 Å². The maximum Gasteiger partial charge on any atom is 0.225 e. The fourth-order valence-corrected chi connectivity index (χ4v) is 2.16. The van der Waals surface area contributed by atoms with Crippen LogP contribution in [-0.4, -0.2) is 23.3 Å². The van der Waals surface area contributed by atoms with E-state index in [0.717, 1.165) is 5.69 Å². The molecule has 1 aliphatic heterocycles. The Bertz CT molecular complexity index is 367. The number of carbonyl (C=O) groups excluding carboxylic acids is 2. The largest absolute Gasteiger partial charge is 0.355 e. The number of aromatic nitrogens is 1. The number of hydrogen-bond donors (Lipinski definition) is 2. The van der Waals surface area contributed by atoms with E-state index in [2.05, 4.69) is 15.6 Å². The molecule has 0 bridgehead atoms. The molecule has 0 saturated carbocycles. The first-order valence-corrected chi connectivity index (χ1v) is 6.11. The lowest BCUT2D eigenvalue weighted by molar-refractivity contribution is -0.129. The van der Waals surface area contributed by atoms with E-state index in [4.69, 9.17) is 0 Å². The smallest absolute Gasteiger partial charge is 0.225 e. The lowest BCUT2D eigenvalue weighted by atomic mass is 9.98. The van der Waals surface area contributed by atoms with Gasteiger partial charge in [-0.3, -0.25) is 9.59 Å². The normalized spacial score (nSPS) is 20.2. The van der Waals surface area contributed by atoms with Crippen LogP contribution in [0.5, 0.6) is 0 Å². The lowest BCUT2D eigenvalue weighted by Gasteiger charge is -2.21. The molecule has 1 aromatic heterocycles. The molecular weight excluding hydrogens is 226 g/mol. The van der Waals surface area contributed by atoms with E-state index in [0.29, 0.717) is 25.9 Å². The zero-order chi connectivity index (χ0) is 11.4. The molecule has 2 rings (SSSR count). The molecule has 0 spiro atoms. The number of hydrogen-bond acceptors (Lipinski definition) is 4. The minimum absolute atomic E-state index is 0.00648. The first kappa shape index (κ1) is 11.1. The van der Waals surface area contributed by atoms with Crippen molar-refractivity contribution in [3.8, 4) is 0 Å². The van der Waals surface area contributed by atoms with Crippen molar-refractivity contribution in [2.45, 2.75) is 19.4 Å². The summed E-state index contributed by atoms with van der Waals surface area (Å²) in [5.74, 6) is -0.0760. The van der Waals surface area contributed by atoms with E-state index in [-0.39, 0.29) is 17.7 Å². The lowest BCUT2D eigenvalue weighted by Crippen LogP contribution is -2.42. The van der Waals surface area contributed by atoms with Crippen LogP contribution in [0.15, 0.2) is 10.9 Å². The fourth-order valence-electron chi connectivity index (χ4n) is 1.60. The molecule has 16 heavy (non-hydrogen) atoms. The second-order valence-electron chi connectivity index (χ2n) is 3.74. The molecule has 1 aromatic rings. The zero-order valence-corrected chi connectivity index (χ0v) is 9.55. The predicted octanol–water partition coefficient (Wildman–Crippen LogP) is 0.285. The Labute approximate surface area is 97.3 Å². The number of amides is 2. The third-order valence-electron chi connectivity index (χ3n) is 2.56. The van der Waals surface area contributed by atoms with Gasteiger partial charge < -0.3 is 10.6 Å². The summed E-state index contributed by atoms with van der Waals surface area (Å²) in [6.45, 7) is 0.911. The van der Waals surface area contributed by atoms with Crippen LogP contribution in [0, 0.1) is 5.92 Å². The van der Waals surface area contributed by atoms with Gasteiger partial charge in [0.2, 0.25) is 11.8 Å². The zero-order valence-electron chi connectivity index (χ0n) is 8.73. The number of rotatable bonds is 3. The molecule has 1 unspecified atom stereocenters. The maximum atomic E-state index is 11.7. The first-order valence-electron chi connectivity index (χ1n) is 5.17. The molecule has 1 saturated heterocycles. The molecule has 5 nitrogen and oxygen atoms in total. The summed E-state index contributed by atoms with van der Waals surface area (Å²) in [7, 11) is 0. The van der Waals surface area contributed by atoms with Crippen molar-refractivity contribution in [1.29, 1.82) is 0 Å². The number of piperidine rings is 1. The van der Waals surface area contributed by atoms with Crippen LogP contribution in [0.2, 0.25) is 0 Å². The van der Waals surface area contributed by atoms with Gasteiger partial charge >= 0.3 is 0 Å². The minimum Gasteiger partial charge on any atom is -0.355 e. The molecule has 86 valence electrons. The van der Waals surface area contributed by atoms with Crippen LogP contribution in [0.3, 0.4) is 0 Å². The van der Waals surface area contributed by atoms with Gasteiger partial charge in [0.25, 0.3) is 0 Å². The molecular formula is C10H13N3O2S. The second-order valence-corrected chi connectivity index (χ2v) is 4.46. The van der Waals surface area contributed by atoms with Crippen molar-refractivity contribution >= 4 is 23.2 Å². The summed E-state index contributed by atoms with van der Waals surface area (Å²) in [5, 5.41) is 7.42. The van der Waals surface area contributed by atoms with Crippen molar-refractivity contribution in [3.63, 3.8) is 0 Å². The van der Waals surface area contributed by atoms with E-state index in [9.17, 15) is 9.59 Å². The second kappa shape index (κ2) is 5.07. The van der Waals surface area contributed by atoms with Crippen molar-refractivity contribution in [2.75, 3.05) is 6.54 Å². The number of nitrogens with one attached hydrogen (secondary N) is 2. The molecule has 1 fully saturated rings. The van der Waals surface area contributed by atoms with Gasteiger partial charge in [-0.15, -0.1) is 11.3 Å². The summed E-state index contributed by atoms with van der Waals surface area (Å²) in [6.07, 6.45) is 1.07. The molecule has 1 aliphatic rings. The Kier molecular flexibility index (Phi) is 3.51. The van der Waals surface area contributed by atoms with Gasteiger partial charge in [-0.2, -0.15) is 0 Å². The van der Waals surface area contributed by atoms with Gasteiger partial charge in [0.15, 0.2) is 0 Å². The quantitative estimate of drug-likeness (QED) is 0.796. The topological polar surface area (TPSA) is 71.1 Å². The Morgan fingerprint density at radius 1 is 1.69 bits per heavy atom. The van der Waals surface area contributed by atoms with Gasteiger partial charge in [-0.25, -0.2) is 4.98 Å². The highest BCUT2D eigenvalue weighted by Crippen LogP contribution is 2.11. The highest BCUT2D eigenvalue weighted by atomic mass is 32.1. The Balaban J connectivity index is 1.77. The van der Waals surface area contributed by atoms with E-state index in [1.807, 2.05) is 5.38 Å². The van der Waals surface area contributed by atoms with Gasteiger partial charge in [-0.05, 0) is 6.42 Å². The summed E-state index contributed by atoms with van der Waals surface area (Å²) >= 11 is 1.51. The standard InChI is InChI=1S/C10H13N3O2S/c14-9-2-1-7(3-11-9)10(15)12-4-8-5-16-6-13-8/h5-7H,1-4H2,(H,11,14)(H,12,15). The van der Waals surface area contributed by atoms with Crippen LogP contribution >= 0.6 is 11.3 Å². The van der Waals surface area contributed by atoms with E-state index in [1.165, 1.54) is 11.3 Å². The van der Waals surface area contributed by atoms with E-state index >= 15 is 0 Å². The van der Waals surface area contributed by atoms with Gasteiger partial charge in [0.05, 0.1) is 23.7 Å². The van der Waals surface area contributed by atoms with Gasteiger partial charge in [0.1, 0.15) is 0 Å². The molecule has 2 heterocycles. The molecule has 6 heteroatoms. The Morgan fingerprint density at radius 2 is 2.56 bits per heavy atom. The molecule has 0 radical (unpaired) electrons. The number of thiazole rings is 1. The SMILES string of the molecule is O=C1CCC(C(=O)NCc2cscn2)CN1. The van der Waals surface area contributed by atoms with Crippen molar-refractivity contribution in [1.82, 2.24) is 15.6 Å².